The molecule has 0 aromatic heterocycles. The summed E-state index contributed by atoms with van der Waals surface area (Å²) in [4.78, 5) is 25.7. The highest BCUT2D eigenvalue weighted by atomic mass is 16.5. The average molecular weight is 353 g/mol. The van der Waals surface area contributed by atoms with E-state index in [1.807, 2.05) is 42.5 Å². The first-order valence-corrected chi connectivity index (χ1v) is 8.73. The number of carbonyl (C=O) groups excluding carboxylic acids is 2. The normalized spacial score (nSPS) is 15.4. The summed E-state index contributed by atoms with van der Waals surface area (Å²) >= 11 is 0. The summed E-state index contributed by atoms with van der Waals surface area (Å²) < 4.78 is 10.0. The summed E-state index contributed by atoms with van der Waals surface area (Å²) in [6, 6.07) is 12.0. The number of carbonyl (C=O) groups is 2. The van der Waals surface area contributed by atoms with Crippen LogP contribution in [0.15, 0.2) is 42.5 Å². The molecule has 0 radical (unpaired) electrons. The lowest BCUT2D eigenvalue weighted by Crippen LogP contribution is -2.39. The van der Waals surface area contributed by atoms with Gasteiger partial charge in [0.15, 0.2) is 0 Å². The van der Waals surface area contributed by atoms with Gasteiger partial charge in [0.2, 0.25) is 5.91 Å². The zero-order chi connectivity index (χ0) is 18.5. The lowest BCUT2D eigenvalue weighted by molar-refractivity contribution is -0.148. The number of methoxy groups -OCH3 is 2. The van der Waals surface area contributed by atoms with E-state index in [4.69, 9.17) is 9.47 Å². The second-order valence-corrected chi connectivity index (χ2v) is 6.43. The Bertz CT molecular complexity index is 835. The number of nitrogens with zero attached hydrogens (tertiary/aromatic N) is 1. The predicted molar refractivity (Wildman–Crippen MR) is 101 cm³/mol. The second-order valence-electron chi connectivity index (χ2n) is 6.43. The number of piperidine rings is 1. The van der Waals surface area contributed by atoms with Crippen LogP contribution in [0, 0.1) is 5.92 Å². The quantitative estimate of drug-likeness (QED) is 0.625. The fourth-order valence-corrected chi connectivity index (χ4v) is 3.25. The minimum Gasteiger partial charge on any atom is -0.497 e. The molecule has 0 N–H and O–H groups in total. The van der Waals surface area contributed by atoms with Crippen molar-refractivity contribution in [2.75, 3.05) is 27.3 Å². The van der Waals surface area contributed by atoms with Gasteiger partial charge in [-0.2, -0.15) is 0 Å². The third-order valence-corrected chi connectivity index (χ3v) is 4.83. The van der Waals surface area contributed by atoms with E-state index in [9.17, 15) is 9.59 Å². The van der Waals surface area contributed by atoms with Gasteiger partial charge in [-0.05, 0) is 53.5 Å². The summed E-state index contributed by atoms with van der Waals surface area (Å²) in [5.74, 6) is 0.528. The van der Waals surface area contributed by atoms with Crippen molar-refractivity contribution in [3.05, 3.63) is 48.0 Å². The maximum absolute atomic E-state index is 12.4. The van der Waals surface area contributed by atoms with Crippen LogP contribution in [0.1, 0.15) is 18.4 Å². The van der Waals surface area contributed by atoms with Crippen LogP contribution < -0.4 is 4.74 Å². The van der Waals surface area contributed by atoms with Crippen molar-refractivity contribution in [1.29, 1.82) is 0 Å². The van der Waals surface area contributed by atoms with Gasteiger partial charge in [0.1, 0.15) is 5.75 Å². The summed E-state index contributed by atoms with van der Waals surface area (Å²) in [5.41, 5.74) is 0.973. The SMILES string of the molecule is COC(=O)C1CCN(C(=O)/C=C\c2ccc3cc(OC)ccc3c2)CC1. The van der Waals surface area contributed by atoms with Crippen LogP contribution >= 0.6 is 0 Å². The molecule has 3 rings (SSSR count). The molecule has 1 amide bonds. The van der Waals surface area contributed by atoms with E-state index in [0.717, 1.165) is 22.1 Å². The number of amides is 1. The lowest BCUT2D eigenvalue weighted by Gasteiger charge is -2.29. The molecule has 1 saturated heterocycles. The van der Waals surface area contributed by atoms with Gasteiger partial charge in [-0.25, -0.2) is 0 Å². The van der Waals surface area contributed by atoms with Crippen molar-refractivity contribution in [2.24, 2.45) is 5.92 Å². The maximum atomic E-state index is 12.4. The second kappa shape index (κ2) is 8.04. The third-order valence-electron chi connectivity index (χ3n) is 4.83. The molecule has 0 unspecified atom stereocenters. The van der Waals surface area contributed by atoms with E-state index in [2.05, 4.69) is 0 Å². The third kappa shape index (κ3) is 4.04. The van der Waals surface area contributed by atoms with Crippen molar-refractivity contribution in [3.63, 3.8) is 0 Å². The maximum Gasteiger partial charge on any atom is 0.308 e. The molecule has 5 heteroatoms. The summed E-state index contributed by atoms with van der Waals surface area (Å²) in [7, 11) is 3.06. The molecule has 1 aliphatic rings. The molecule has 26 heavy (non-hydrogen) atoms. The molecule has 2 aromatic carbocycles. The Morgan fingerprint density at radius 1 is 1.04 bits per heavy atom. The van der Waals surface area contributed by atoms with Gasteiger partial charge in [-0.15, -0.1) is 0 Å². The predicted octanol–water partition coefficient (Wildman–Crippen LogP) is 3.27. The van der Waals surface area contributed by atoms with Gasteiger partial charge in [-0.3, -0.25) is 9.59 Å². The summed E-state index contributed by atoms with van der Waals surface area (Å²) in [6.45, 7) is 1.17. The number of rotatable bonds is 4. The van der Waals surface area contributed by atoms with Crippen molar-refractivity contribution in [3.8, 4) is 5.75 Å². The molecule has 0 atom stereocenters. The van der Waals surface area contributed by atoms with Crippen molar-refractivity contribution >= 4 is 28.7 Å². The van der Waals surface area contributed by atoms with Crippen molar-refractivity contribution in [2.45, 2.75) is 12.8 Å². The van der Waals surface area contributed by atoms with Gasteiger partial charge in [0.05, 0.1) is 20.1 Å². The largest absolute Gasteiger partial charge is 0.497 e. The summed E-state index contributed by atoms with van der Waals surface area (Å²) in [5, 5.41) is 2.19. The number of ether oxygens (including phenoxy) is 2. The number of hydrogen-bond acceptors (Lipinski definition) is 4. The molecular weight excluding hydrogens is 330 g/mol. The zero-order valence-corrected chi connectivity index (χ0v) is 15.1. The van der Waals surface area contributed by atoms with Gasteiger partial charge < -0.3 is 14.4 Å². The Labute approximate surface area is 153 Å². The molecular formula is C21H23NO4. The fraction of sp³-hybridized carbons (Fsp3) is 0.333. The van der Waals surface area contributed by atoms with Crippen LogP contribution in [-0.4, -0.2) is 44.1 Å². The van der Waals surface area contributed by atoms with Gasteiger partial charge in [0, 0.05) is 19.2 Å². The molecule has 1 fully saturated rings. The van der Waals surface area contributed by atoms with Gasteiger partial charge >= 0.3 is 5.97 Å². The smallest absolute Gasteiger partial charge is 0.308 e. The van der Waals surface area contributed by atoms with E-state index >= 15 is 0 Å². The van der Waals surface area contributed by atoms with Crippen LogP contribution in [-0.2, 0) is 14.3 Å². The average Bonchev–Trinajstić information content (AvgIpc) is 2.70. The molecule has 0 spiro atoms. The molecule has 0 saturated carbocycles. The van der Waals surface area contributed by atoms with E-state index in [1.165, 1.54) is 7.11 Å². The van der Waals surface area contributed by atoms with Crippen LogP contribution in [0.3, 0.4) is 0 Å². The Morgan fingerprint density at radius 2 is 1.73 bits per heavy atom. The highest BCUT2D eigenvalue weighted by Crippen LogP contribution is 2.23. The minimum absolute atomic E-state index is 0.0249. The first kappa shape index (κ1) is 18.0. The van der Waals surface area contributed by atoms with Crippen molar-refractivity contribution < 1.29 is 19.1 Å². The van der Waals surface area contributed by atoms with E-state index in [-0.39, 0.29) is 17.8 Å². The number of hydrogen-bond donors (Lipinski definition) is 0. The highest BCUT2D eigenvalue weighted by molar-refractivity contribution is 5.93. The van der Waals surface area contributed by atoms with E-state index in [1.54, 1.807) is 18.1 Å². The van der Waals surface area contributed by atoms with E-state index < -0.39 is 0 Å². The van der Waals surface area contributed by atoms with Gasteiger partial charge in [0.25, 0.3) is 0 Å². The Balaban J connectivity index is 1.63. The number of fused-ring (bicyclic) bond motifs is 1. The molecule has 136 valence electrons. The van der Waals surface area contributed by atoms with Crippen LogP contribution in [0.4, 0.5) is 0 Å². The standard InChI is InChI=1S/C21H23NO4/c1-25-19-7-6-17-13-15(3-5-18(17)14-19)4-8-20(23)22-11-9-16(10-12-22)21(24)26-2/h3-8,13-14,16H,9-12H2,1-2H3/b8-4-. The van der Waals surface area contributed by atoms with Crippen LogP contribution in [0.2, 0.25) is 0 Å². The molecule has 0 bridgehead atoms. The molecule has 5 nitrogen and oxygen atoms in total. The first-order chi connectivity index (χ1) is 12.6. The van der Waals surface area contributed by atoms with Crippen molar-refractivity contribution in [1.82, 2.24) is 4.90 Å². The molecule has 1 heterocycles. The Hall–Kier alpha value is -2.82. The lowest BCUT2D eigenvalue weighted by atomic mass is 9.97. The molecule has 0 aliphatic carbocycles. The van der Waals surface area contributed by atoms with Gasteiger partial charge in [-0.1, -0.05) is 18.2 Å². The number of benzene rings is 2. The minimum atomic E-state index is -0.180. The monoisotopic (exact) mass is 353 g/mol. The summed E-state index contributed by atoms with van der Waals surface area (Å²) in [6.07, 6.45) is 4.75. The topological polar surface area (TPSA) is 55.8 Å². The Kier molecular flexibility index (Phi) is 5.56. The van der Waals surface area contributed by atoms with Crippen LogP contribution in [0.5, 0.6) is 5.75 Å². The highest BCUT2D eigenvalue weighted by Gasteiger charge is 2.26. The van der Waals surface area contributed by atoms with E-state index in [0.29, 0.717) is 25.9 Å². The molecule has 1 aliphatic heterocycles. The Morgan fingerprint density at radius 3 is 2.42 bits per heavy atom. The zero-order valence-electron chi connectivity index (χ0n) is 15.1. The number of esters is 1. The molecule has 2 aromatic rings. The van der Waals surface area contributed by atoms with Crippen LogP contribution in [0.25, 0.3) is 16.8 Å². The number of likely N-dealkylation sites (tertiary alicyclic amines) is 1. The fourth-order valence-electron chi connectivity index (χ4n) is 3.25. The first-order valence-electron chi connectivity index (χ1n) is 8.73.